The fourth-order valence-corrected chi connectivity index (χ4v) is 2.61. The van der Waals surface area contributed by atoms with Gasteiger partial charge < -0.3 is 4.90 Å². The van der Waals surface area contributed by atoms with Crippen LogP contribution in [0.2, 0.25) is 0 Å². The van der Waals surface area contributed by atoms with Gasteiger partial charge in [-0.05, 0) is 38.8 Å². The van der Waals surface area contributed by atoms with Gasteiger partial charge in [0.05, 0.1) is 0 Å². The van der Waals surface area contributed by atoms with Crippen molar-refractivity contribution in [2.45, 2.75) is 26.7 Å². The van der Waals surface area contributed by atoms with Crippen molar-refractivity contribution in [3.05, 3.63) is 54.3 Å². The topological polar surface area (TPSA) is 20.3 Å². The Morgan fingerprint density at radius 1 is 1.26 bits per heavy atom. The number of nitrogens with zero attached hydrogens (tertiary/aromatic N) is 1. The molecule has 2 rings (SSSR count). The monoisotopic (exact) mass is 255 g/mol. The van der Waals surface area contributed by atoms with Crippen molar-refractivity contribution in [2.75, 3.05) is 11.9 Å². The summed E-state index contributed by atoms with van der Waals surface area (Å²) in [7, 11) is 1.99. The first-order valence-electron chi connectivity index (χ1n) is 6.74. The van der Waals surface area contributed by atoms with Crippen LogP contribution in [0.1, 0.15) is 26.7 Å². The van der Waals surface area contributed by atoms with Crippen LogP contribution in [0.15, 0.2) is 54.3 Å². The number of benzene rings is 1. The Morgan fingerprint density at radius 2 is 1.95 bits per heavy atom. The fraction of sp³-hybridized carbons (Fsp3) is 0.353. The number of carbonyl (C=O) groups is 1. The summed E-state index contributed by atoms with van der Waals surface area (Å²) in [6.07, 6.45) is 7.74. The molecule has 0 amide bonds. The summed E-state index contributed by atoms with van der Waals surface area (Å²) in [6, 6.07) is 10.1. The summed E-state index contributed by atoms with van der Waals surface area (Å²) < 4.78 is 0. The van der Waals surface area contributed by atoms with Crippen LogP contribution in [0.4, 0.5) is 5.69 Å². The van der Waals surface area contributed by atoms with Crippen molar-refractivity contribution in [1.82, 2.24) is 0 Å². The summed E-state index contributed by atoms with van der Waals surface area (Å²) in [5.74, 6) is 0.258. The molecule has 0 N–H and O–H groups in total. The van der Waals surface area contributed by atoms with E-state index in [1.165, 1.54) is 0 Å². The lowest BCUT2D eigenvalue weighted by atomic mass is 9.87. The second-order valence-electron chi connectivity index (χ2n) is 5.35. The number of carbonyl (C=O) groups excluding carboxylic acids is 1. The van der Waals surface area contributed by atoms with Crippen LogP contribution in [0, 0.1) is 5.41 Å². The molecule has 1 aliphatic carbocycles. The molecule has 19 heavy (non-hydrogen) atoms. The van der Waals surface area contributed by atoms with Crippen molar-refractivity contribution in [2.24, 2.45) is 5.41 Å². The van der Waals surface area contributed by atoms with Crippen molar-refractivity contribution in [3.8, 4) is 0 Å². The Kier molecular flexibility index (Phi) is 3.89. The Morgan fingerprint density at radius 3 is 2.58 bits per heavy atom. The van der Waals surface area contributed by atoms with Gasteiger partial charge in [0.15, 0.2) is 5.78 Å². The molecule has 1 saturated carbocycles. The van der Waals surface area contributed by atoms with Gasteiger partial charge in [-0.2, -0.15) is 0 Å². The third-order valence-electron chi connectivity index (χ3n) is 3.77. The SMILES string of the molecule is C/C=C/C1(C)CCC(=CN(C)c2ccccc2)C1=O. The molecule has 1 unspecified atom stereocenters. The van der Waals surface area contributed by atoms with Gasteiger partial charge in [-0.3, -0.25) is 4.79 Å². The molecule has 0 saturated heterocycles. The predicted octanol–water partition coefficient (Wildman–Crippen LogP) is 3.95. The zero-order chi connectivity index (χ0) is 13.9. The number of ketones is 1. The lowest BCUT2D eigenvalue weighted by Crippen LogP contribution is -2.20. The Balaban J connectivity index is 2.20. The van der Waals surface area contributed by atoms with Crippen molar-refractivity contribution in [3.63, 3.8) is 0 Å². The summed E-state index contributed by atoms with van der Waals surface area (Å²) in [5, 5.41) is 0. The molecule has 0 aliphatic heterocycles. The summed E-state index contributed by atoms with van der Waals surface area (Å²) in [4.78, 5) is 14.5. The van der Waals surface area contributed by atoms with E-state index in [1.807, 2.05) is 74.5 Å². The van der Waals surface area contributed by atoms with E-state index >= 15 is 0 Å². The molecule has 0 spiro atoms. The third kappa shape index (κ3) is 2.78. The Hall–Kier alpha value is -1.83. The first-order chi connectivity index (χ1) is 9.07. The standard InChI is InChI=1S/C17H21NO/c1-4-11-17(2)12-10-14(16(17)19)13-18(3)15-8-6-5-7-9-15/h4-9,11,13H,10,12H2,1-3H3/b11-4+,14-13?. The van der Waals surface area contributed by atoms with E-state index in [9.17, 15) is 4.79 Å². The largest absolute Gasteiger partial charge is 0.351 e. The van der Waals surface area contributed by atoms with E-state index in [0.717, 1.165) is 24.1 Å². The molecule has 2 heteroatoms. The lowest BCUT2D eigenvalue weighted by molar-refractivity contribution is -0.120. The molecule has 2 nitrogen and oxygen atoms in total. The smallest absolute Gasteiger partial charge is 0.169 e. The molecule has 1 atom stereocenters. The van der Waals surface area contributed by atoms with Gasteiger partial charge in [-0.1, -0.05) is 30.4 Å². The Labute approximate surface area is 115 Å². The van der Waals surface area contributed by atoms with Crippen LogP contribution in [0.5, 0.6) is 0 Å². The number of allylic oxidation sites excluding steroid dienone is 3. The highest BCUT2D eigenvalue weighted by Gasteiger charge is 2.38. The van der Waals surface area contributed by atoms with Crippen LogP contribution >= 0.6 is 0 Å². The Bertz CT molecular complexity index is 515. The molecular weight excluding hydrogens is 234 g/mol. The first kappa shape index (κ1) is 13.6. The van der Waals surface area contributed by atoms with Gasteiger partial charge in [-0.15, -0.1) is 0 Å². The molecule has 0 radical (unpaired) electrons. The zero-order valence-corrected chi connectivity index (χ0v) is 11.9. The summed E-state index contributed by atoms with van der Waals surface area (Å²) >= 11 is 0. The lowest BCUT2D eigenvalue weighted by Gasteiger charge is -2.17. The van der Waals surface area contributed by atoms with Crippen LogP contribution in [0.3, 0.4) is 0 Å². The van der Waals surface area contributed by atoms with Gasteiger partial charge in [0.2, 0.25) is 0 Å². The van der Waals surface area contributed by atoms with Gasteiger partial charge in [0.25, 0.3) is 0 Å². The number of para-hydroxylation sites is 1. The molecule has 1 aromatic carbocycles. The fourth-order valence-electron chi connectivity index (χ4n) is 2.61. The maximum atomic E-state index is 12.4. The average Bonchev–Trinajstić information content (AvgIpc) is 2.69. The molecule has 1 aliphatic rings. The molecule has 0 aromatic heterocycles. The molecular formula is C17H21NO. The maximum Gasteiger partial charge on any atom is 0.169 e. The van der Waals surface area contributed by atoms with Crippen LogP contribution < -0.4 is 4.90 Å². The van der Waals surface area contributed by atoms with E-state index in [4.69, 9.17) is 0 Å². The molecule has 1 aromatic rings. The molecule has 1 fully saturated rings. The second kappa shape index (κ2) is 5.43. The number of hydrogen-bond acceptors (Lipinski definition) is 2. The first-order valence-corrected chi connectivity index (χ1v) is 6.74. The van der Waals surface area contributed by atoms with Crippen LogP contribution in [0.25, 0.3) is 0 Å². The van der Waals surface area contributed by atoms with Crippen molar-refractivity contribution in [1.29, 1.82) is 0 Å². The second-order valence-corrected chi connectivity index (χ2v) is 5.35. The third-order valence-corrected chi connectivity index (χ3v) is 3.77. The number of Topliss-reactive ketones (excluding diaryl/α,β-unsaturated/α-hetero) is 1. The highest BCUT2D eigenvalue weighted by molar-refractivity contribution is 6.03. The van der Waals surface area contributed by atoms with Crippen molar-refractivity contribution < 1.29 is 4.79 Å². The van der Waals surface area contributed by atoms with Gasteiger partial charge in [-0.25, -0.2) is 0 Å². The summed E-state index contributed by atoms with van der Waals surface area (Å²) in [5.41, 5.74) is 1.72. The van der Waals surface area contributed by atoms with Crippen LogP contribution in [-0.2, 0) is 4.79 Å². The van der Waals surface area contributed by atoms with E-state index in [1.54, 1.807) is 0 Å². The number of rotatable bonds is 3. The van der Waals surface area contributed by atoms with E-state index in [-0.39, 0.29) is 11.2 Å². The van der Waals surface area contributed by atoms with E-state index in [0.29, 0.717) is 0 Å². The predicted molar refractivity (Wildman–Crippen MR) is 80.1 cm³/mol. The van der Waals surface area contributed by atoms with E-state index < -0.39 is 0 Å². The van der Waals surface area contributed by atoms with Crippen LogP contribution in [-0.4, -0.2) is 12.8 Å². The highest BCUT2D eigenvalue weighted by Crippen LogP contribution is 2.39. The number of hydrogen-bond donors (Lipinski definition) is 0. The zero-order valence-electron chi connectivity index (χ0n) is 11.9. The van der Waals surface area contributed by atoms with Crippen molar-refractivity contribution >= 4 is 11.5 Å². The molecule has 0 heterocycles. The minimum atomic E-state index is -0.307. The average molecular weight is 255 g/mol. The summed E-state index contributed by atoms with van der Waals surface area (Å²) in [6.45, 7) is 4.00. The van der Waals surface area contributed by atoms with Gasteiger partial charge in [0.1, 0.15) is 0 Å². The minimum Gasteiger partial charge on any atom is -0.351 e. The van der Waals surface area contributed by atoms with E-state index in [2.05, 4.69) is 0 Å². The minimum absolute atomic E-state index is 0.258. The quantitative estimate of drug-likeness (QED) is 0.602. The van der Waals surface area contributed by atoms with Gasteiger partial charge >= 0.3 is 0 Å². The van der Waals surface area contributed by atoms with Gasteiger partial charge in [0, 0.05) is 29.9 Å². The number of anilines is 1. The highest BCUT2D eigenvalue weighted by atomic mass is 16.1. The molecule has 0 bridgehead atoms. The maximum absolute atomic E-state index is 12.4. The normalized spacial score (nSPS) is 25.4. The molecule has 100 valence electrons.